The summed E-state index contributed by atoms with van der Waals surface area (Å²) in [5, 5.41) is 2.84. The van der Waals surface area contributed by atoms with E-state index in [1.54, 1.807) is 60.7 Å². The van der Waals surface area contributed by atoms with Crippen LogP contribution < -0.4 is 10.1 Å². The lowest BCUT2D eigenvalue weighted by Gasteiger charge is -2.14. The zero-order valence-corrected chi connectivity index (χ0v) is 13.6. The third kappa shape index (κ3) is 4.20. The lowest BCUT2D eigenvalue weighted by Crippen LogP contribution is -2.30. The Morgan fingerprint density at radius 3 is 2.96 bits per heavy atom. The lowest BCUT2D eigenvalue weighted by molar-refractivity contribution is -0.124. The van der Waals surface area contributed by atoms with Gasteiger partial charge in [0.2, 0.25) is 11.8 Å². The molecule has 1 atom stereocenters. The summed E-state index contributed by atoms with van der Waals surface area (Å²) in [6, 6.07) is 8.97. The molecular weight excluding hydrogens is 323 g/mol. The van der Waals surface area contributed by atoms with Crippen molar-refractivity contribution >= 4 is 5.91 Å². The molecule has 0 saturated heterocycles. The lowest BCUT2D eigenvalue weighted by atomic mass is 10.2. The zero-order valence-electron chi connectivity index (χ0n) is 13.6. The Bertz CT molecular complexity index is 852. The second-order valence-corrected chi connectivity index (χ2v) is 5.43. The quantitative estimate of drug-likeness (QED) is 0.749. The van der Waals surface area contributed by atoms with Crippen molar-refractivity contribution in [3.05, 3.63) is 72.7 Å². The van der Waals surface area contributed by atoms with E-state index in [0.29, 0.717) is 17.2 Å². The number of amides is 1. The number of aromatic nitrogens is 3. The first-order chi connectivity index (χ1) is 12.1. The van der Waals surface area contributed by atoms with Crippen molar-refractivity contribution in [3.63, 3.8) is 0 Å². The number of imidazole rings is 1. The van der Waals surface area contributed by atoms with E-state index in [4.69, 9.17) is 4.74 Å². The van der Waals surface area contributed by atoms with Crippen LogP contribution in [0.1, 0.15) is 18.5 Å². The van der Waals surface area contributed by atoms with Crippen molar-refractivity contribution in [2.24, 2.45) is 0 Å². The summed E-state index contributed by atoms with van der Waals surface area (Å²) < 4.78 is 20.6. The first kappa shape index (κ1) is 16.6. The Kier molecular flexibility index (Phi) is 5.03. The van der Waals surface area contributed by atoms with E-state index in [0.717, 1.165) is 0 Å². The summed E-state index contributed by atoms with van der Waals surface area (Å²) in [6.07, 6.45) is 6.52. The Morgan fingerprint density at radius 1 is 1.32 bits per heavy atom. The number of carbonyl (C=O) groups excluding carboxylic acids is 1. The van der Waals surface area contributed by atoms with Gasteiger partial charge in [-0.15, -0.1) is 0 Å². The van der Waals surface area contributed by atoms with Crippen molar-refractivity contribution in [2.75, 3.05) is 0 Å². The van der Waals surface area contributed by atoms with Gasteiger partial charge in [-0.25, -0.2) is 14.4 Å². The SMILES string of the molecule is CC(C(=O)NCc1cccnc1Oc1cccc(F)c1)n1ccnc1. The zero-order chi connectivity index (χ0) is 17.6. The summed E-state index contributed by atoms with van der Waals surface area (Å²) in [7, 11) is 0. The van der Waals surface area contributed by atoms with Crippen LogP contribution in [0.15, 0.2) is 61.3 Å². The fourth-order valence-corrected chi connectivity index (χ4v) is 2.26. The molecule has 2 heterocycles. The fraction of sp³-hybridized carbons (Fsp3) is 0.167. The normalized spacial score (nSPS) is 11.8. The van der Waals surface area contributed by atoms with Gasteiger partial charge < -0.3 is 14.6 Å². The molecule has 1 N–H and O–H groups in total. The molecular formula is C18H17FN4O2. The van der Waals surface area contributed by atoms with E-state index in [1.807, 2.05) is 0 Å². The highest BCUT2D eigenvalue weighted by Crippen LogP contribution is 2.23. The average Bonchev–Trinajstić information content (AvgIpc) is 3.15. The van der Waals surface area contributed by atoms with Crippen LogP contribution >= 0.6 is 0 Å². The number of pyridine rings is 1. The summed E-state index contributed by atoms with van der Waals surface area (Å²) >= 11 is 0. The minimum atomic E-state index is -0.391. The first-order valence-corrected chi connectivity index (χ1v) is 7.76. The molecule has 7 heteroatoms. The third-order valence-corrected chi connectivity index (χ3v) is 3.67. The highest BCUT2D eigenvalue weighted by atomic mass is 19.1. The number of carbonyl (C=O) groups is 1. The first-order valence-electron chi connectivity index (χ1n) is 7.76. The maximum Gasteiger partial charge on any atom is 0.243 e. The van der Waals surface area contributed by atoms with E-state index in [-0.39, 0.29) is 18.5 Å². The van der Waals surface area contributed by atoms with Gasteiger partial charge in [-0.05, 0) is 25.1 Å². The van der Waals surface area contributed by atoms with Crippen molar-refractivity contribution in [1.29, 1.82) is 0 Å². The molecule has 3 rings (SSSR count). The van der Waals surface area contributed by atoms with Crippen molar-refractivity contribution < 1.29 is 13.9 Å². The minimum absolute atomic E-state index is 0.154. The topological polar surface area (TPSA) is 69.0 Å². The number of halogens is 1. The van der Waals surface area contributed by atoms with E-state index in [2.05, 4.69) is 15.3 Å². The van der Waals surface area contributed by atoms with Gasteiger partial charge in [0.25, 0.3) is 0 Å². The fourth-order valence-electron chi connectivity index (χ4n) is 2.26. The van der Waals surface area contributed by atoms with Gasteiger partial charge in [0.1, 0.15) is 17.6 Å². The minimum Gasteiger partial charge on any atom is -0.439 e. The van der Waals surface area contributed by atoms with Gasteiger partial charge in [0.05, 0.1) is 6.33 Å². The standard InChI is InChI=1S/C18H17FN4O2/c1-13(23-9-8-20-12-23)17(24)22-11-14-4-3-7-21-18(14)25-16-6-2-5-15(19)10-16/h2-10,12-13H,11H2,1H3,(H,22,24). The van der Waals surface area contributed by atoms with Crippen LogP contribution in [0.3, 0.4) is 0 Å². The van der Waals surface area contributed by atoms with E-state index in [9.17, 15) is 9.18 Å². The Balaban J connectivity index is 1.68. The molecule has 0 aliphatic rings. The third-order valence-electron chi connectivity index (χ3n) is 3.67. The van der Waals surface area contributed by atoms with Crippen molar-refractivity contribution in [1.82, 2.24) is 19.9 Å². The number of ether oxygens (including phenoxy) is 1. The van der Waals surface area contributed by atoms with Crippen molar-refractivity contribution in [3.8, 4) is 11.6 Å². The van der Waals surface area contributed by atoms with E-state index >= 15 is 0 Å². The van der Waals surface area contributed by atoms with Gasteiger partial charge in [0, 0.05) is 36.8 Å². The van der Waals surface area contributed by atoms with Gasteiger partial charge in [-0.3, -0.25) is 4.79 Å². The predicted molar refractivity (Wildman–Crippen MR) is 89.5 cm³/mol. The van der Waals surface area contributed by atoms with E-state index < -0.39 is 5.82 Å². The average molecular weight is 340 g/mol. The molecule has 1 unspecified atom stereocenters. The molecule has 0 aliphatic carbocycles. The largest absolute Gasteiger partial charge is 0.439 e. The maximum absolute atomic E-state index is 13.3. The Hall–Kier alpha value is -3.22. The van der Waals surface area contributed by atoms with Gasteiger partial charge in [0.15, 0.2) is 0 Å². The molecule has 0 bridgehead atoms. The summed E-state index contributed by atoms with van der Waals surface area (Å²) in [6.45, 7) is 2.03. The molecule has 0 aliphatic heterocycles. The number of benzene rings is 1. The molecule has 6 nitrogen and oxygen atoms in total. The second-order valence-electron chi connectivity index (χ2n) is 5.43. The monoisotopic (exact) mass is 340 g/mol. The number of rotatable bonds is 6. The molecule has 25 heavy (non-hydrogen) atoms. The summed E-state index contributed by atoms with van der Waals surface area (Å²) in [5.74, 6) is 0.123. The van der Waals surface area contributed by atoms with Crippen LogP contribution in [-0.4, -0.2) is 20.4 Å². The summed E-state index contributed by atoms with van der Waals surface area (Å²) in [5.41, 5.74) is 0.693. The van der Waals surface area contributed by atoms with Gasteiger partial charge >= 0.3 is 0 Å². The van der Waals surface area contributed by atoms with Crippen LogP contribution in [0, 0.1) is 5.82 Å². The van der Waals surface area contributed by atoms with Crippen LogP contribution in [0.2, 0.25) is 0 Å². The molecule has 2 aromatic heterocycles. The van der Waals surface area contributed by atoms with Crippen LogP contribution in [0.5, 0.6) is 11.6 Å². The van der Waals surface area contributed by atoms with E-state index in [1.165, 1.54) is 12.1 Å². The predicted octanol–water partition coefficient (Wildman–Crippen LogP) is 3.09. The van der Waals surface area contributed by atoms with Crippen LogP contribution in [0.25, 0.3) is 0 Å². The number of hydrogen-bond acceptors (Lipinski definition) is 4. The molecule has 0 spiro atoms. The van der Waals surface area contributed by atoms with Crippen molar-refractivity contribution in [2.45, 2.75) is 19.5 Å². The van der Waals surface area contributed by atoms with Crippen LogP contribution in [0.4, 0.5) is 4.39 Å². The number of nitrogens with zero attached hydrogens (tertiary/aromatic N) is 3. The van der Waals surface area contributed by atoms with Gasteiger partial charge in [-0.2, -0.15) is 0 Å². The molecule has 0 fully saturated rings. The number of hydrogen-bond donors (Lipinski definition) is 1. The maximum atomic E-state index is 13.3. The summed E-state index contributed by atoms with van der Waals surface area (Å²) in [4.78, 5) is 20.4. The smallest absolute Gasteiger partial charge is 0.243 e. The molecule has 1 aromatic carbocycles. The highest BCUT2D eigenvalue weighted by molar-refractivity contribution is 5.79. The van der Waals surface area contributed by atoms with Gasteiger partial charge in [-0.1, -0.05) is 12.1 Å². The van der Waals surface area contributed by atoms with Crippen LogP contribution in [-0.2, 0) is 11.3 Å². The number of nitrogens with one attached hydrogen (secondary N) is 1. The Labute approximate surface area is 144 Å². The second kappa shape index (κ2) is 7.57. The molecule has 3 aromatic rings. The highest BCUT2D eigenvalue weighted by Gasteiger charge is 2.15. The molecule has 1 amide bonds. The molecule has 128 valence electrons. The Morgan fingerprint density at radius 2 is 2.20 bits per heavy atom. The molecule has 0 radical (unpaired) electrons. The molecule has 0 saturated carbocycles.